The van der Waals surface area contributed by atoms with E-state index in [0.717, 1.165) is 25.9 Å². The zero-order valence-corrected chi connectivity index (χ0v) is 14.5. The Morgan fingerprint density at radius 1 is 1.24 bits per heavy atom. The van der Waals surface area contributed by atoms with Crippen LogP contribution < -0.4 is 10.1 Å². The summed E-state index contributed by atoms with van der Waals surface area (Å²) in [5.74, 6) is 0.893. The van der Waals surface area contributed by atoms with E-state index in [0.29, 0.717) is 6.54 Å². The lowest BCUT2D eigenvalue weighted by molar-refractivity contribution is 0.410. The van der Waals surface area contributed by atoms with E-state index in [-0.39, 0.29) is 0 Å². The molecular weight excluding hydrogens is 368 g/mol. The molecule has 0 aliphatic heterocycles. The summed E-state index contributed by atoms with van der Waals surface area (Å²) in [5.41, 5.74) is 2.13. The molecule has 0 fully saturated rings. The van der Waals surface area contributed by atoms with Crippen molar-refractivity contribution < 1.29 is 4.74 Å². The molecule has 0 spiro atoms. The first-order valence-electron chi connectivity index (χ1n) is 6.33. The van der Waals surface area contributed by atoms with Gasteiger partial charge in [0.05, 0.1) is 21.5 Å². The number of rotatable bonds is 5. The second-order valence-corrected chi connectivity index (χ2v) is 7.63. The fourth-order valence-electron chi connectivity index (χ4n) is 1.94. The van der Waals surface area contributed by atoms with Crippen LogP contribution in [0.3, 0.4) is 0 Å². The summed E-state index contributed by atoms with van der Waals surface area (Å²) in [4.78, 5) is 5.79. The van der Waals surface area contributed by atoms with Crippen LogP contribution in [-0.4, -0.2) is 12.1 Å². The molecule has 21 heavy (non-hydrogen) atoms. The predicted octanol–water partition coefficient (Wildman–Crippen LogP) is 5.25. The minimum Gasteiger partial charge on any atom is -0.496 e. The molecule has 0 saturated carbocycles. The number of methoxy groups -OCH3 is 1. The zero-order valence-electron chi connectivity index (χ0n) is 11.3. The van der Waals surface area contributed by atoms with Crippen molar-refractivity contribution in [3.8, 4) is 16.3 Å². The third-order valence-electron chi connectivity index (χ3n) is 2.95. The molecule has 0 aliphatic carbocycles. The summed E-state index contributed by atoms with van der Waals surface area (Å²) in [6, 6.07) is 12.1. The van der Waals surface area contributed by atoms with Crippen molar-refractivity contribution in [1.82, 2.24) is 4.98 Å². The van der Waals surface area contributed by atoms with Crippen molar-refractivity contribution >= 4 is 43.7 Å². The third-order valence-corrected chi connectivity index (χ3v) is 5.40. The van der Waals surface area contributed by atoms with Gasteiger partial charge in [0.2, 0.25) is 0 Å². The van der Waals surface area contributed by atoms with Crippen molar-refractivity contribution in [2.24, 2.45) is 0 Å². The molecule has 3 nitrogen and oxygen atoms in total. The topological polar surface area (TPSA) is 34.1 Å². The Morgan fingerprint density at radius 3 is 2.86 bits per heavy atom. The first-order valence-corrected chi connectivity index (χ1v) is 8.82. The predicted molar refractivity (Wildman–Crippen MR) is 93.4 cm³/mol. The van der Waals surface area contributed by atoms with Crippen LogP contribution >= 0.6 is 38.6 Å². The number of aromatic nitrogens is 1. The van der Waals surface area contributed by atoms with Crippen molar-refractivity contribution in [2.75, 3.05) is 12.4 Å². The standard InChI is InChI=1S/C15H13BrN2OS2/c1-19-12-5-3-2-4-10(12)8-17-15-18-11(9-20-15)13-6-7-14(16)21-13/h2-7,9H,8H2,1H3,(H,17,18). The van der Waals surface area contributed by atoms with Crippen LogP contribution in [0.2, 0.25) is 0 Å². The molecule has 0 unspecified atom stereocenters. The molecule has 0 amide bonds. The fraction of sp³-hybridized carbons (Fsp3) is 0.133. The summed E-state index contributed by atoms with van der Waals surface area (Å²) in [6.07, 6.45) is 0. The maximum Gasteiger partial charge on any atom is 0.183 e. The van der Waals surface area contributed by atoms with E-state index in [1.807, 2.05) is 24.3 Å². The Kier molecular flexibility index (Phi) is 4.57. The van der Waals surface area contributed by atoms with E-state index < -0.39 is 0 Å². The maximum atomic E-state index is 5.35. The highest BCUT2D eigenvalue weighted by molar-refractivity contribution is 9.11. The monoisotopic (exact) mass is 380 g/mol. The minimum atomic E-state index is 0.700. The Labute approximate surface area is 139 Å². The average Bonchev–Trinajstić information content (AvgIpc) is 3.14. The number of anilines is 1. The van der Waals surface area contributed by atoms with Gasteiger partial charge >= 0.3 is 0 Å². The molecule has 1 N–H and O–H groups in total. The normalized spacial score (nSPS) is 10.6. The minimum absolute atomic E-state index is 0.700. The SMILES string of the molecule is COc1ccccc1CNc1nc(-c2ccc(Br)s2)cs1. The fourth-order valence-corrected chi connectivity index (χ4v) is 4.07. The van der Waals surface area contributed by atoms with Gasteiger partial charge < -0.3 is 10.1 Å². The number of nitrogens with one attached hydrogen (secondary N) is 1. The molecule has 108 valence electrons. The summed E-state index contributed by atoms with van der Waals surface area (Å²) in [6.45, 7) is 0.700. The molecule has 0 atom stereocenters. The molecular formula is C15H13BrN2OS2. The number of para-hydroxylation sites is 1. The van der Waals surface area contributed by atoms with Gasteiger partial charge in [0.1, 0.15) is 5.75 Å². The lowest BCUT2D eigenvalue weighted by Gasteiger charge is -2.08. The summed E-state index contributed by atoms with van der Waals surface area (Å²) in [5, 5.41) is 6.34. The molecule has 3 aromatic rings. The highest BCUT2D eigenvalue weighted by Crippen LogP contribution is 2.33. The van der Waals surface area contributed by atoms with Gasteiger partial charge in [-0.1, -0.05) is 18.2 Å². The van der Waals surface area contributed by atoms with Crippen LogP contribution in [0.15, 0.2) is 45.6 Å². The number of halogens is 1. The second kappa shape index (κ2) is 6.60. The summed E-state index contributed by atoms with van der Waals surface area (Å²) >= 11 is 6.78. The first-order chi connectivity index (χ1) is 10.3. The largest absolute Gasteiger partial charge is 0.496 e. The highest BCUT2D eigenvalue weighted by atomic mass is 79.9. The Bertz CT molecular complexity index is 739. The number of hydrogen-bond donors (Lipinski definition) is 1. The number of thiazole rings is 1. The molecule has 1 aromatic carbocycles. The van der Waals surface area contributed by atoms with E-state index in [2.05, 4.69) is 43.7 Å². The Morgan fingerprint density at radius 2 is 2.10 bits per heavy atom. The van der Waals surface area contributed by atoms with Crippen LogP contribution in [0.25, 0.3) is 10.6 Å². The van der Waals surface area contributed by atoms with Crippen molar-refractivity contribution in [2.45, 2.75) is 6.54 Å². The van der Waals surface area contributed by atoms with Gasteiger partial charge in [-0.15, -0.1) is 22.7 Å². The van der Waals surface area contributed by atoms with Gasteiger partial charge in [-0.25, -0.2) is 4.98 Å². The molecule has 0 aliphatic rings. The van der Waals surface area contributed by atoms with E-state index in [1.54, 1.807) is 29.8 Å². The van der Waals surface area contributed by atoms with Crippen LogP contribution in [0.4, 0.5) is 5.13 Å². The number of thiophene rings is 1. The molecule has 0 bridgehead atoms. The number of ether oxygens (including phenoxy) is 1. The van der Waals surface area contributed by atoms with Gasteiger partial charge in [-0.05, 0) is 34.1 Å². The molecule has 2 aromatic heterocycles. The van der Waals surface area contributed by atoms with Gasteiger partial charge in [0.25, 0.3) is 0 Å². The van der Waals surface area contributed by atoms with Gasteiger partial charge in [-0.3, -0.25) is 0 Å². The summed E-state index contributed by atoms with van der Waals surface area (Å²) in [7, 11) is 1.69. The summed E-state index contributed by atoms with van der Waals surface area (Å²) < 4.78 is 6.47. The van der Waals surface area contributed by atoms with Crippen molar-refractivity contribution in [1.29, 1.82) is 0 Å². The molecule has 2 heterocycles. The zero-order chi connectivity index (χ0) is 14.7. The average molecular weight is 381 g/mol. The highest BCUT2D eigenvalue weighted by Gasteiger charge is 2.08. The number of nitrogens with zero attached hydrogens (tertiary/aromatic N) is 1. The van der Waals surface area contributed by atoms with Gasteiger partial charge in [-0.2, -0.15) is 0 Å². The van der Waals surface area contributed by atoms with Crippen molar-refractivity contribution in [3.05, 3.63) is 51.1 Å². The molecule has 0 radical (unpaired) electrons. The lowest BCUT2D eigenvalue weighted by Crippen LogP contribution is -2.01. The van der Waals surface area contributed by atoms with Crippen LogP contribution in [0.5, 0.6) is 5.75 Å². The molecule has 3 rings (SSSR count). The van der Waals surface area contributed by atoms with Crippen LogP contribution in [0.1, 0.15) is 5.56 Å². The smallest absolute Gasteiger partial charge is 0.183 e. The van der Waals surface area contributed by atoms with Gasteiger partial charge in [0, 0.05) is 17.5 Å². The van der Waals surface area contributed by atoms with Crippen LogP contribution in [-0.2, 0) is 6.54 Å². The quantitative estimate of drug-likeness (QED) is 0.655. The molecule has 0 saturated heterocycles. The van der Waals surface area contributed by atoms with E-state index in [4.69, 9.17) is 4.74 Å². The maximum absolute atomic E-state index is 5.35. The third kappa shape index (κ3) is 3.45. The number of hydrogen-bond acceptors (Lipinski definition) is 5. The van der Waals surface area contributed by atoms with E-state index in [1.165, 1.54) is 4.88 Å². The van der Waals surface area contributed by atoms with E-state index in [9.17, 15) is 0 Å². The second-order valence-electron chi connectivity index (χ2n) is 4.31. The first kappa shape index (κ1) is 14.6. The lowest BCUT2D eigenvalue weighted by atomic mass is 10.2. The Hall–Kier alpha value is -1.37. The van der Waals surface area contributed by atoms with Crippen LogP contribution in [0, 0.1) is 0 Å². The Balaban J connectivity index is 1.70. The molecule has 6 heteroatoms. The van der Waals surface area contributed by atoms with E-state index >= 15 is 0 Å². The number of benzene rings is 1. The van der Waals surface area contributed by atoms with Crippen molar-refractivity contribution in [3.63, 3.8) is 0 Å². The van der Waals surface area contributed by atoms with Gasteiger partial charge in [0.15, 0.2) is 5.13 Å².